The number of amides is 1. The molecule has 6 nitrogen and oxygen atoms in total. The summed E-state index contributed by atoms with van der Waals surface area (Å²) in [5, 5.41) is 9.70. The standard InChI is InChI=1S/C27H26FNO5/c1-29(24(26(30)31)13-11-17-12-14-25(33-2)23(28)15-17)27(32)34-16-22-20-9-5-3-7-18(20)19-8-4-6-10-21(19)22/h3-10,12,14-15,22,24H,11,13,16H2,1-2H3,(H,30,31). The van der Waals surface area contributed by atoms with E-state index in [2.05, 4.69) is 0 Å². The van der Waals surface area contributed by atoms with Gasteiger partial charge in [-0.15, -0.1) is 0 Å². The molecule has 0 aliphatic heterocycles. The smallest absolute Gasteiger partial charge is 0.410 e. The molecule has 34 heavy (non-hydrogen) atoms. The van der Waals surface area contributed by atoms with Crippen LogP contribution in [-0.4, -0.2) is 48.9 Å². The number of halogens is 1. The number of aliphatic carboxylic acids is 1. The van der Waals surface area contributed by atoms with Gasteiger partial charge in [0.25, 0.3) is 0 Å². The van der Waals surface area contributed by atoms with Crippen LogP contribution in [0, 0.1) is 5.82 Å². The second kappa shape index (κ2) is 9.95. The van der Waals surface area contributed by atoms with Crippen molar-refractivity contribution < 1.29 is 28.6 Å². The molecule has 7 heteroatoms. The Morgan fingerprint density at radius 2 is 1.65 bits per heavy atom. The van der Waals surface area contributed by atoms with Crippen LogP contribution in [0.5, 0.6) is 5.75 Å². The van der Waals surface area contributed by atoms with Crippen LogP contribution in [0.25, 0.3) is 11.1 Å². The summed E-state index contributed by atoms with van der Waals surface area (Å²) in [5.41, 5.74) is 5.00. The van der Waals surface area contributed by atoms with Gasteiger partial charge in [0.05, 0.1) is 7.11 Å². The van der Waals surface area contributed by atoms with Crippen LogP contribution in [0.3, 0.4) is 0 Å². The molecule has 0 fully saturated rings. The highest BCUT2D eigenvalue weighted by molar-refractivity contribution is 5.81. The maximum absolute atomic E-state index is 14.0. The first-order valence-corrected chi connectivity index (χ1v) is 11.0. The van der Waals surface area contributed by atoms with E-state index in [0.717, 1.165) is 27.2 Å². The van der Waals surface area contributed by atoms with Crippen LogP contribution < -0.4 is 4.74 Å². The van der Waals surface area contributed by atoms with Gasteiger partial charge in [-0.25, -0.2) is 14.0 Å². The highest BCUT2D eigenvalue weighted by Gasteiger charge is 2.31. The maximum Gasteiger partial charge on any atom is 0.410 e. The molecule has 1 aliphatic carbocycles. The maximum atomic E-state index is 14.0. The summed E-state index contributed by atoms with van der Waals surface area (Å²) in [6.07, 6.45) is -0.323. The lowest BCUT2D eigenvalue weighted by Gasteiger charge is -2.25. The van der Waals surface area contributed by atoms with Gasteiger partial charge in [0.1, 0.15) is 12.6 Å². The lowest BCUT2D eigenvalue weighted by atomic mass is 9.98. The van der Waals surface area contributed by atoms with Crippen LogP contribution in [0.4, 0.5) is 9.18 Å². The number of rotatable bonds is 8. The van der Waals surface area contributed by atoms with Crippen molar-refractivity contribution in [3.63, 3.8) is 0 Å². The number of aryl methyl sites for hydroxylation is 1. The molecule has 1 aliphatic rings. The summed E-state index contributed by atoms with van der Waals surface area (Å²) in [5.74, 6) is -1.66. The average molecular weight is 464 g/mol. The predicted molar refractivity (Wildman–Crippen MR) is 126 cm³/mol. The monoisotopic (exact) mass is 463 g/mol. The van der Waals surface area contributed by atoms with Gasteiger partial charge in [-0.3, -0.25) is 4.90 Å². The topological polar surface area (TPSA) is 76.1 Å². The Morgan fingerprint density at radius 3 is 2.21 bits per heavy atom. The summed E-state index contributed by atoms with van der Waals surface area (Å²) in [6.45, 7) is 0.104. The Bertz CT molecular complexity index is 1170. The van der Waals surface area contributed by atoms with Crippen LogP contribution in [-0.2, 0) is 16.0 Å². The molecule has 4 rings (SSSR count). The molecule has 0 spiro atoms. The molecule has 3 aromatic rings. The van der Waals surface area contributed by atoms with Crippen molar-refractivity contribution >= 4 is 12.1 Å². The van der Waals surface area contributed by atoms with Gasteiger partial charge in [0.15, 0.2) is 11.6 Å². The summed E-state index contributed by atoms with van der Waals surface area (Å²) in [6, 6.07) is 19.4. The third-order valence-electron chi connectivity index (χ3n) is 6.30. The van der Waals surface area contributed by atoms with E-state index in [-0.39, 0.29) is 31.1 Å². The van der Waals surface area contributed by atoms with E-state index in [1.807, 2.05) is 48.5 Å². The molecule has 1 atom stereocenters. The largest absolute Gasteiger partial charge is 0.494 e. The number of nitrogens with zero attached hydrogens (tertiary/aromatic N) is 1. The van der Waals surface area contributed by atoms with Crippen molar-refractivity contribution in [3.05, 3.63) is 89.2 Å². The number of benzene rings is 3. The summed E-state index contributed by atoms with van der Waals surface area (Å²) in [7, 11) is 2.79. The number of fused-ring (bicyclic) bond motifs is 3. The average Bonchev–Trinajstić information content (AvgIpc) is 3.16. The highest BCUT2D eigenvalue weighted by Crippen LogP contribution is 2.44. The zero-order chi connectivity index (χ0) is 24.2. The Hall–Kier alpha value is -3.87. The number of carbonyl (C=O) groups is 2. The molecule has 0 saturated carbocycles. The van der Waals surface area contributed by atoms with Crippen LogP contribution >= 0.6 is 0 Å². The second-order valence-electron chi connectivity index (χ2n) is 8.28. The summed E-state index contributed by atoms with van der Waals surface area (Å²) in [4.78, 5) is 25.8. The lowest BCUT2D eigenvalue weighted by molar-refractivity contribution is -0.142. The molecule has 3 aromatic carbocycles. The van der Waals surface area contributed by atoms with Gasteiger partial charge in [-0.05, 0) is 52.8 Å². The number of methoxy groups -OCH3 is 1. The quantitative estimate of drug-likeness (QED) is 0.503. The Kier molecular flexibility index (Phi) is 6.82. The van der Waals surface area contributed by atoms with Gasteiger partial charge in [0.2, 0.25) is 0 Å². The van der Waals surface area contributed by atoms with Gasteiger partial charge < -0.3 is 14.6 Å². The van der Waals surface area contributed by atoms with Gasteiger partial charge in [0, 0.05) is 13.0 Å². The predicted octanol–water partition coefficient (Wildman–Crippen LogP) is 5.10. The molecular weight excluding hydrogens is 437 g/mol. The fourth-order valence-electron chi connectivity index (χ4n) is 4.47. The molecule has 1 amide bonds. The Balaban J connectivity index is 1.42. The first-order valence-electron chi connectivity index (χ1n) is 11.0. The first-order chi connectivity index (χ1) is 16.4. The molecular formula is C27H26FNO5. The van der Waals surface area contributed by atoms with E-state index in [0.29, 0.717) is 5.56 Å². The van der Waals surface area contributed by atoms with Crippen molar-refractivity contribution in [1.82, 2.24) is 4.90 Å². The highest BCUT2D eigenvalue weighted by atomic mass is 19.1. The van der Waals surface area contributed by atoms with E-state index in [1.54, 1.807) is 6.07 Å². The zero-order valence-corrected chi connectivity index (χ0v) is 19.0. The van der Waals surface area contributed by atoms with Crippen molar-refractivity contribution in [1.29, 1.82) is 0 Å². The molecule has 0 aromatic heterocycles. The fraction of sp³-hybridized carbons (Fsp3) is 0.259. The minimum absolute atomic E-state index is 0.104. The normalized spacial score (nSPS) is 13.0. The Labute approximate surface area is 197 Å². The second-order valence-corrected chi connectivity index (χ2v) is 8.28. The van der Waals surface area contributed by atoms with Gasteiger partial charge in [-0.2, -0.15) is 0 Å². The molecule has 0 radical (unpaired) electrons. The fourth-order valence-corrected chi connectivity index (χ4v) is 4.47. The third-order valence-corrected chi connectivity index (χ3v) is 6.30. The minimum atomic E-state index is -1.15. The van der Waals surface area contributed by atoms with Crippen LogP contribution in [0.1, 0.15) is 29.0 Å². The van der Waals surface area contributed by atoms with Crippen molar-refractivity contribution in [2.45, 2.75) is 24.8 Å². The van der Waals surface area contributed by atoms with E-state index >= 15 is 0 Å². The van der Waals surface area contributed by atoms with E-state index in [1.165, 1.54) is 26.3 Å². The van der Waals surface area contributed by atoms with Crippen molar-refractivity contribution in [2.75, 3.05) is 20.8 Å². The number of likely N-dealkylation sites (N-methyl/N-ethyl adjacent to an activating group) is 1. The molecule has 1 unspecified atom stereocenters. The number of carboxylic acids is 1. The van der Waals surface area contributed by atoms with Crippen molar-refractivity contribution in [2.24, 2.45) is 0 Å². The van der Waals surface area contributed by atoms with Gasteiger partial charge >= 0.3 is 12.1 Å². The number of ether oxygens (including phenoxy) is 2. The van der Waals surface area contributed by atoms with E-state index in [4.69, 9.17) is 9.47 Å². The molecule has 0 saturated heterocycles. The number of hydrogen-bond acceptors (Lipinski definition) is 4. The first kappa shape index (κ1) is 23.3. The van der Waals surface area contributed by atoms with E-state index < -0.39 is 23.9 Å². The SMILES string of the molecule is COc1ccc(CCC(C(=O)O)N(C)C(=O)OCC2c3ccccc3-c3ccccc32)cc1F. The number of carboxylic acid groups (broad SMARTS) is 1. The molecule has 0 heterocycles. The minimum Gasteiger partial charge on any atom is -0.494 e. The van der Waals surface area contributed by atoms with Crippen LogP contribution in [0.2, 0.25) is 0 Å². The van der Waals surface area contributed by atoms with Crippen molar-refractivity contribution in [3.8, 4) is 16.9 Å². The number of carbonyl (C=O) groups excluding carboxylic acids is 1. The third kappa shape index (κ3) is 4.59. The Morgan fingerprint density at radius 1 is 1.03 bits per heavy atom. The molecule has 0 bridgehead atoms. The van der Waals surface area contributed by atoms with Gasteiger partial charge in [-0.1, -0.05) is 54.6 Å². The summed E-state index contributed by atoms with van der Waals surface area (Å²) < 4.78 is 24.4. The van der Waals surface area contributed by atoms with E-state index in [9.17, 15) is 19.1 Å². The van der Waals surface area contributed by atoms with Crippen LogP contribution in [0.15, 0.2) is 66.7 Å². The zero-order valence-electron chi connectivity index (χ0n) is 19.0. The molecule has 176 valence electrons. The molecule has 1 N–H and O–H groups in total. The number of hydrogen-bond donors (Lipinski definition) is 1. The summed E-state index contributed by atoms with van der Waals surface area (Å²) >= 11 is 0. The lowest BCUT2D eigenvalue weighted by Crippen LogP contribution is -2.43.